The number of aryl methyl sites for hydroxylation is 1. The number of benzene rings is 1. The van der Waals surface area contributed by atoms with Crippen molar-refractivity contribution in [3.05, 3.63) is 30.0 Å². The molecule has 2 atom stereocenters. The van der Waals surface area contributed by atoms with E-state index in [0.717, 1.165) is 11.5 Å². The van der Waals surface area contributed by atoms with Gasteiger partial charge in [0, 0.05) is 29.4 Å². The standard InChI is InChI=1S/C16H20N4/c1-11-12-5-2-3-6-13(12)16(19-18-11)17-14-8-10-20-9-4-7-15(14)20/h2-3,5-6,14-15H,4,7-10H2,1H3,(H,17,19). The van der Waals surface area contributed by atoms with Gasteiger partial charge in [-0.3, -0.25) is 4.90 Å². The van der Waals surface area contributed by atoms with Crippen LogP contribution in [0.1, 0.15) is 25.0 Å². The summed E-state index contributed by atoms with van der Waals surface area (Å²) >= 11 is 0. The molecule has 4 nitrogen and oxygen atoms in total. The third kappa shape index (κ3) is 1.86. The summed E-state index contributed by atoms with van der Waals surface area (Å²) in [7, 11) is 0. The quantitative estimate of drug-likeness (QED) is 0.909. The second-order valence-electron chi connectivity index (χ2n) is 5.96. The number of rotatable bonds is 2. The molecule has 0 saturated carbocycles. The van der Waals surface area contributed by atoms with Crippen LogP contribution >= 0.6 is 0 Å². The fraction of sp³-hybridized carbons (Fsp3) is 0.500. The van der Waals surface area contributed by atoms with E-state index in [1.165, 1.54) is 43.1 Å². The van der Waals surface area contributed by atoms with Gasteiger partial charge in [0.05, 0.1) is 5.69 Å². The Morgan fingerprint density at radius 3 is 2.85 bits per heavy atom. The minimum atomic E-state index is 0.526. The normalized spacial score (nSPS) is 26.1. The van der Waals surface area contributed by atoms with Gasteiger partial charge in [0.25, 0.3) is 0 Å². The average Bonchev–Trinajstić information content (AvgIpc) is 3.07. The Morgan fingerprint density at radius 2 is 1.95 bits per heavy atom. The van der Waals surface area contributed by atoms with Crippen LogP contribution in [0.5, 0.6) is 0 Å². The maximum absolute atomic E-state index is 4.40. The molecule has 2 unspecified atom stereocenters. The Bertz CT molecular complexity index is 639. The zero-order valence-corrected chi connectivity index (χ0v) is 11.8. The number of hydrogen-bond acceptors (Lipinski definition) is 4. The second-order valence-corrected chi connectivity index (χ2v) is 5.96. The van der Waals surface area contributed by atoms with Crippen molar-refractivity contribution in [2.75, 3.05) is 18.4 Å². The van der Waals surface area contributed by atoms with Crippen LogP contribution in [0.25, 0.3) is 10.8 Å². The van der Waals surface area contributed by atoms with Gasteiger partial charge >= 0.3 is 0 Å². The van der Waals surface area contributed by atoms with Gasteiger partial charge in [-0.1, -0.05) is 24.3 Å². The highest BCUT2D eigenvalue weighted by atomic mass is 15.3. The van der Waals surface area contributed by atoms with Crippen molar-refractivity contribution in [1.29, 1.82) is 0 Å². The predicted molar refractivity (Wildman–Crippen MR) is 80.9 cm³/mol. The van der Waals surface area contributed by atoms with Crippen LogP contribution < -0.4 is 5.32 Å². The van der Waals surface area contributed by atoms with E-state index in [0.29, 0.717) is 12.1 Å². The van der Waals surface area contributed by atoms with Crippen LogP contribution in [0, 0.1) is 6.92 Å². The first-order valence-corrected chi connectivity index (χ1v) is 7.55. The SMILES string of the molecule is Cc1nnc(NC2CCN3CCCC23)c2ccccc12. The van der Waals surface area contributed by atoms with Gasteiger partial charge in [-0.15, -0.1) is 5.10 Å². The summed E-state index contributed by atoms with van der Waals surface area (Å²) in [5.41, 5.74) is 1.00. The molecule has 1 aromatic heterocycles. The van der Waals surface area contributed by atoms with Crippen LogP contribution in [0.4, 0.5) is 5.82 Å². The summed E-state index contributed by atoms with van der Waals surface area (Å²) in [5.74, 6) is 0.949. The van der Waals surface area contributed by atoms with E-state index in [-0.39, 0.29) is 0 Å². The number of aromatic nitrogens is 2. The Balaban J connectivity index is 1.68. The topological polar surface area (TPSA) is 41.1 Å². The maximum Gasteiger partial charge on any atom is 0.156 e. The molecule has 3 heterocycles. The first-order valence-electron chi connectivity index (χ1n) is 7.55. The minimum Gasteiger partial charge on any atom is -0.364 e. The molecule has 0 radical (unpaired) electrons. The fourth-order valence-corrected chi connectivity index (χ4v) is 3.77. The molecule has 2 aromatic rings. The summed E-state index contributed by atoms with van der Waals surface area (Å²) in [5, 5.41) is 14.8. The summed E-state index contributed by atoms with van der Waals surface area (Å²) < 4.78 is 0. The molecule has 4 rings (SSSR count). The number of hydrogen-bond donors (Lipinski definition) is 1. The van der Waals surface area contributed by atoms with E-state index in [2.05, 4.69) is 44.7 Å². The van der Waals surface area contributed by atoms with Crippen molar-refractivity contribution in [2.45, 2.75) is 38.3 Å². The van der Waals surface area contributed by atoms with Crippen molar-refractivity contribution in [3.63, 3.8) is 0 Å². The molecule has 0 spiro atoms. The summed E-state index contributed by atoms with van der Waals surface area (Å²) in [6, 6.07) is 9.62. The lowest BCUT2D eigenvalue weighted by Gasteiger charge is -2.22. The molecule has 2 aliphatic heterocycles. The maximum atomic E-state index is 4.40. The van der Waals surface area contributed by atoms with Crippen molar-refractivity contribution in [3.8, 4) is 0 Å². The molecule has 1 N–H and O–H groups in total. The number of anilines is 1. The zero-order chi connectivity index (χ0) is 13.5. The van der Waals surface area contributed by atoms with E-state index in [1.54, 1.807) is 0 Å². The van der Waals surface area contributed by atoms with E-state index in [4.69, 9.17) is 0 Å². The highest BCUT2D eigenvalue weighted by molar-refractivity contribution is 5.92. The molecule has 20 heavy (non-hydrogen) atoms. The smallest absolute Gasteiger partial charge is 0.156 e. The lowest BCUT2D eigenvalue weighted by atomic mass is 10.1. The van der Waals surface area contributed by atoms with Gasteiger partial charge in [0.1, 0.15) is 0 Å². The van der Waals surface area contributed by atoms with Gasteiger partial charge in [-0.05, 0) is 32.7 Å². The second kappa shape index (κ2) is 4.70. The summed E-state index contributed by atoms with van der Waals surface area (Å²) in [6.07, 6.45) is 3.87. The van der Waals surface area contributed by atoms with Gasteiger partial charge < -0.3 is 5.32 Å². The molecule has 0 amide bonds. The zero-order valence-electron chi connectivity index (χ0n) is 11.8. The van der Waals surface area contributed by atoms with Crippen LogP contribution in [0.3, 0.4) is 0 Å². The number of fused-ring (bicyclic) bond motifs is 2. The lowest BCUT2D eigenvalue weighted by molar-refractivity contribution is 0.318. The first-order chi connectivity index (χ1) is 9.83. The van der Waals surface area contributed by atoms with Crippen molar-refractivity contribution >= 4 is 16.6 Å². The summed E-state index contributed by atoms with van der Waals surface area (Å²) in [4.78, 5) is 2.61. The Labute approximate surface area is 119 Å². The minimum absolute atomic E-state index is 0.526. The third-order valence-electron chi connectivity index (χ3n) is 4.80. The average molecular weight is 268 g/mol. The highest BCUT2D eigenvalue weighted by Gasteiger charge is 2.37. The third-order valence-corrected chi connectivity index (χ3v) is 4.80. The predicted octanol–water partition coefficient (Wildman–Crippen LogP) is 2.59. The van der Waals surface area contributed by atoms with Crippen LogP contribution in [0.2, 0.25) is 0 Å². The Kier molecular flexibility index (Phi) is 2.84. The molecule has 2 saturated heterocycles. The van der Waals surface area contributed by atoms with Gasteiger partial charge in [0.2, 0.25) is 0 Å². The Morgan fingerprint density at radius 1 is 1.10 bits per heavy atom. The van der Waals surface area contributed by atoms with Crippen molar-refractivity contribution in [1.82, 2.24) is 15.1 Å². The van der Waals surface area contributed by atoms with Gasteiger partial charge in [0.15, 0.2) is 5.82 Å². The molecule has 0 aliphatic carbocycles. The first kappa shape index (κ1) is 12.1. The molecular weight excluding hydrogens is 248 g/mol. The van der Waals surface area contributed by atoms with Gasteiger partial charge in [-0.2, -0.15) is 5.10 Å². The van der Waals surface area contributed by atoms with E-state index >= 15 is 0 Å². The highest BCUT2D eigenvalue weighted by Crippen LogP contribution is 2.31. The largest absolute Gasteiger partial charge is 0.364 e. The van der Waals surface area contributed by atoms with Gasteiger partial charge in [-0.25, -0.2) is 0 Å². The lowest BCUT2D eigenvalue weighted by Crippen LogP contribution is -2.34. The van der Waals surface area contributed by atoms with E-state index in [9.17, 15) is 0 Å². The molecule has 2 fully saturated rings. The summed E-state index contributed by atoms with van der Waals surface area (Å²) in [6.45, 7) is 4.51. The Hall–Kier alpha value is -1.68. The van der Waals surface area contributed by atoms with Crippen molar-refractivity contribution in [2.24, 2.45) is 0 Å². The van der Waals surface area contributed by atoms with Crippen molar-refractivity contribution < 1.29 is 0 Å². The number of nitrogens with one attached hydrogen (secondary N) is 1. The number of nitrogens with zero attached hydrogens (tertiary/aromatic N) is 3. The molecule has 1 aromatic carbocycles. The molecule has 104 valence electrons. The van der Waals surface area contributed by atoms with E-state index in [1.807, 2.05) is 6.92 Å². The fourth-order valence-electron chi connectivity index (χ4n) is 3.77. The van der Waals surface area contributed by atoms with E-state index < -0.39 is 0 Å². The monoisotopic (exact) mass is 268 g/mol. The van der Waals surface area contributed by atoms with Crippen LogP contribution in [-0.4, -0.2) is 40.3 Å². The molecule has 4 heteroatoms. The molecule has 0 bridgehead atoms. The van der Waals surface area contributed by atoms with Crippen LogP contribution in [-0.2, 0) is 0 Å². The van der Waals surface area contributed by atoms with Crippen LogP contribution in [0.15, 0.2) is 24.3 Å². The molecule has 2 aliphatic rings. The molecular formula is C16H20N4.